The molecule has 0 atom stereocenters. The second-order valence-corrected chi connectivity index (χ2v) is 6.79. The van der Waals surface area contributed by atoms with Gasteiger partial charge >= 0.3 is 0 Å². The van der Waals surface area contributed by atoms with Crippen molar-refractivity contribution in [3.63, 3.8) is 0 Å². The normalized spacial score (nSPS) is 13.3. The SMILES string of the molecule is CCOc1cc2c(cc1OCC)CN(C(=O)c1cc(C)cc(C)c1)CC2. The van der Waals surface area contributed by atoms with Crippen molar-refractivity contribution in [3.05, 3.63) is 58.1 Å². The number of aryl methyl sites for hydroxylation is 2. The molecule has 4 heteroatoms. The van der Waals surface area contributed by atoms with Crippen molar-refractivity contribution < 1.29 is 14.3 Å². The van der Waals surface area contributed by atoms with E-state index in [1.165, 1.54) is 5.56 Å². The fraction of sp³-hybridized carbons (Fsp3) is 0.409. The summed E-state index contributed by atoms with van der Waals surface area (Å²) in [4.78, 5) is 14.9. The first-order valence-electron chi connectivity index (χ1n) is 9.30. The molecule has 0 spiro atoms. The summed E-state index contributed by atoms with van der Waals surface area (Å²) < 4.78 is 11.5. The van der Waals surface area contributed by atoms with E-state index in [1.54, 1.807) is 0 Å². The molecule has 0 saturated carbocycles. The maximum atomic E-state index is 13.0. The highest BCUT2D eigenvalue weighted by atomic mass is 16.5. The largest absolute Gasteiger partial charge is 0.490 e. The molecule has 1 aliphatic rings. The molecule has 0 bridgehead atoms. The van der Waals surface area contributed by atoms with E-state index < -0.39 is 0 Å². The zero-order chi connectivity index (χ0) is 18.7. The van der Waals surface area contributed by atoms with Gasteiger partial charge in [0, 0.05) is 18.7 Å². The summed E-state index contributed by atoms with van der Waals surface area (Å²) in [6, 6.07) is 10.1. The third-order valence-electron chi connectivity index (χ3n) is 4.63. The lowest BCUT2D eigenvalue weighted by Crippen LogP contribution is -2.36. The van der Waals surface area contributed by atoms with Crippen LogP contribution in [0.5, 0.6) is 11.5 Å². The summed E-state index contributed by atoms with van der Waals surface area (Å²) in [6.07, 6.45) is 0.832. The van der Waals surface area contributed by atoms with Gasteiger partial charge < -0.3 is 14.4 Å². The molecule has 0 N–H and O–H groups in total. The number of carbonyl (C=O) groups excluding carboxylic acids is 1. The molecule has 1 amide bonds. The minimum absolute atomic E-state index is 0.0919. The van der Waals surface area contributed by atoms with Gasteiger partial charge in [-0.05, 0) is 69.5 Å². The highest BCUT2D eigenvalue weighted by Gasteiger charge is 2.24. The molecule has 1 aliphatic heterocycles. The maximum absolute atomic E-state index is 13.0. The quantitative estimate of drug-likeness (QED) is 0.804. The van der Waals surface area contributed by atoms with E-state index in [1.807, 2.05) is 50.8 Å². The van der Waals surface area contributed by atoms with Crippen LogP contribution in [-0.4, -0.2) is 30.6 Å². The number of benzene rings is 2. The summed E-state index contributed by atoms with van der Waals surface area (Å²) in [7, 11) is 0. The van der Waals surface area contributed by atoms with E-state index in [2.05, 4.69) is 12.1 Å². The van der Waals surface area contributed by atoms with E-state index >= 15 is 0 Å². The third-order valence-corrected chi connectivity index (χ3v) is 4.63. The number of carbonyl (C=O) groups is 1. The molecule has 0 aliphatic carbocycles. The van der Waals surface area contributed by atoms with Crippen LogP contribution in [0.25, 0.3) is 0 Å². The second-order valence-electron chi connectivity index (χ2n) is 6.79. The van der Waals surface area contributed by atoms with E-state index in [-0.39, 0.29) is 5.91 Å². The van der Waals surface area contributed by atoms with E-state index in [9.17, 15) is 4.79 Å². The van der Waals surface area contributed by atoms with Crippen LogP contribution in [-0.2, 0) is 13.0 Å². The summed E-state index contributed by atoms with van der Waals surface area (Å²) in [5.41, 5.74) is 5.38. The molecule has 26 heavy (non-hydrogen) atoms. The molecular weight excluding hydrogens is 326 g/mol. The van der Waals surface area contributed by atoms with Crippen LogP contribution in [0.2, 0.25) is 0 Å². The van der Waals surface area contributed by atoms with Gasteiger partial charge in [0.2, 0.25) is 0 Å². The Bertz CT molecular complexity index is 793. The maximum Gasteiger partial charge on any atom is 0.254 e. The molecule has 1 heterocycles. The molecular formula is C22H27NO3. The molecule has 0 radical (unpaired) electrons. The lowest BCUT2D eigenvalue weighted by molar-refractivity contribution is 0.0734. The molecule has 3 rings (SSSR count). The fourth-order valence-corrected chi connectivity index (χ4v) is 3.55. The molecule has 0 unspecified atom stereocenters. The zero-order valence-corrected chi connectivity index (χ0v) is 16.1. The van der Waals surface area contributed by atoms with Gasteiger partial charge in [-0.3, -0.25) is 4.79 Å². The Morgan fingerprint density at radius 1 is 0.923 bits per heavy atom. The lowest BCUT2D eigenvalue weighted by Gasteiger charge is -2.30. The van der Waals surface area contributed by atoms with Crippen LogP contribution < -0.4 is 9.47 Å². The summed E-state index contributed by atoms with van der Waals surface area (Å²) >= 11 is 0. The second kappa shape index (κ2) is 7.81. The van der Waals surface area contributed by atoms with Crippen molar-refractivity contribution in [1.82, 2.24) is 4.90 Å². The highest BCUT2D eigenvalue weighted by molar-refractivity contribution is 5.94. The monoisotopic (exact) mass is 353 g/mol. The standard InChI is InChI=1S/C22H27NO3/c1-5-25-20-12-17-7-8-23(14-19(17)13-21(20)26-6-2)22(24)18-10-15(3)9-16(4)11-18/h9-13H,5-8,14H2,1-4H3. The number of rotatable bonds is 5. The van der Waals surface area contributed by atoms with Gasteiger partial charge in [-0.2, -0.15) is 0 Å². The molecule has 138 valence electrons. The molecule has 2 aromatic rings. The van der Waals surface area contributed by atoms with Crippen LogP contribution in [0.15, 0.2) is 30.3 Å². The van der Waals surface area contributed by atoms with Gasteiger partial charge in [-0.15, -0.1) is 0 Å². The van der Waals surface area contributed by atoms with Crippen molar-refractivity contribution in [3.8, 4) is 11.5 Å². The Hall–Kier alpha value is -2.49. The topological polar surface area (TPSA) is 38.8 Å². The van der Waals surface area contributed by atoms with Gasteiger partial charge in [0.15, 0.2) is 11.5 Å². The van der Waals surface area contributed by atoms with Crippen LogP contribution in [0.3, 0.4) is 0 Å². The number of ether oxygens (including phenoxy) is 2. The van der Waals surface area contributed by atoms with Crippen LogP contribution in [0, 0.1) is 13.8 Å². The number of nitrogens with zero attached hydrogens (tertiary/aromatic N) is 1. The Labute approximate surface area is 155 Å². The average Bonchev–Trinajstić information content (AvgIpc) is 2.61. The van der Waals surface area contributed by atoms with E-state index in [0.717, 1.165) is 46.7 Å². The number of hydrogen-bond acceptors (Lipinski definition) is 3. The zero-order valence-electron chi connectivity index (χ0n) is 16.1. The average molecular weight is 353 g/mol. The summed E-state index contributed by atoms with van der Waals surface area (Å²) in [5.74, 6) is 1.64. The Morgan fingerprint density at radius 2 is 1.50 bits per heavy atom. The lowest BCUT2D eigenvalue weighted by atomic mass is 9.97. The van der Waals surface area contributed by atoms with Crippen molar-refractivity contribution in [2.45, 2.75) is 40.7 Å². The van der Waals surface area contributed by atoms with Crippen LogP contribution >= 0.6 is 0 Å². The first kappa shape index (κ1) is 18.3. The third kappa shape index (κ3) is 3.85. The predicted molar refractivity (Wildman–Crippen MR) is 103 cm³/mol. The van der Waals surface area contributed by atoms with Gasteiger partial charge in [0.05, 0.1) is 13.2 Å². The minimum atomic E-state index is 0.0919. The fourth-order valence-electron chi connectivity index (χ4n) is 3.55. The minimum Gasteiger partial charge on any atom is -0.490 e. The summed E-state index contributed by atoms with van der Waals surface area (Å²) in [5, 5.41) is 0. The Balaban J connectivity index is 1.86. The van der Waals surface area contributed by atoms with Gasteiger partial charge in [0.1, 0.15) is 0 Å². The van der Waals surface area contributed by atoms with Crippen molar-refractivity contribution in [1.29, 1.82) is 0 Å². The molecule has 0 aromatic heterocycles. The Kier molecular flexibility index (Phi) is 5.50. The summed E-state index contributed by atoms with van der Waals surface area (Å²) in [6.45, 7) is 10.5. The number of amides is 1. The van der Waals surface area contributed by atoms with E-state index in [4.69, 9.17) is 9.47 Å². The number of hydrogen-bond donors (Lipinski definition) is 0. The van der Waals surface area contributed by atoms with Crippen LogP contribution in [0.1, 0.15) is 46.5 Å². The van der Waals surface area contributed by atoms with Crippen molar-refractivity contribution >= 4 is 5.91 Å². The first-order valence-corrected chi connectivity index (χ1v) is 9.30. The molecule has 0 fully saturated rings. The molecule has 4 nitrogen and oxygen atoms in total. The predicted octanol–water partition coefficient (Wildman–Crippen LogP) is 4.30. The van der Waals surface area contributed by atoms with Gasteiger partial charge in [0.25, 0.3) is 5.91 Å². The Morgan fingerprint density at radius 3 is 2.08 bits per heavy atom. The van der Waals surface area contributed by atoms with Crippen molar-refractivity contribution in [2.24, 2.45) is 0 Å². The molecule has 0 saturated heterocycles. The number of fused-ring (bicyclic) bond motifs is 1. The van der Waals surface area contributed by atoms with Crippen molar-refractivity contribution in [2.75, 3.05) is 19.8 Å². The van der Waals surface area contributed by atoms with Gasteiger partial charge in [-0.25, -0.2) is 0 Å². The molecule has 2 aromatic carbocycles. The van der Waals surface area contributed by atoms with Gasteiger partial charge in [-0.1, -0.05) is 17.2 Å². The first-order chi connectivity index (χ1) is 12.5. The van der Waals surface area contributed by atoms with E-state index in [0.29, 0.717) is 19.8 Å². The van der Waals surface area contributed by atoms with Crippen LogP contribution in [0.4, 0.5) is 0 Å². The smallest absolute Gasteiger partial charge is 0.254 e. The highest BCUT2D eigenvalue weighted by Crippen LogP contribution is 2.34.